The maximum atomic E-state index is 14.9. The molecule has 3 rings (SSSR count). The number of benzene rings is 2. The number of hydrogen-bond acceptors (Lipinski definition) is 7. The number of nitrogens with zero attached hydrogens (tertiary/aromatic N) is 1. The maximum absolute atomic E-state index is 14.9. The Bertz CT molecular complexity index is 1360. The lowest BCUT2D eigenvalue weighted by atomic mass is 10.1. The molecule has 0 radical (unpaired) electrons. The topological polar surface area (TPSA) is 148 Å². The van der Waals surface area contributed by atoms with Crippen molar-refractivity contribution in [2.75, 3.05) is 15.8 Å². The number of aryl methyl sites for hydroxylation is 1. The summed E-state index contributed by atoms with van der Waals surface area (Å²) in [5.41, 5.74) is 0.693. The van der Waals surface area contributed by atoms with Crippen LogP contribution in [0.1, 0.15) is 30.7 Å². The number of carbonyl (C=O) groups is 2. The predicted octanol–water partition coefficient (Wildman–Crippen LogP) is 4.97. The van der Waals surface area contributed by atoms with E-state index in [0.717, 1.165) is 6.07 Å². The maximum Gasteiger partial charge on any atom is 0.412 e. The third kappa shape index (κ3) is 6.70. The summed E-state index contributed by atoms with van der Waals surface area (Å²) >= 11 is 6.13. The molecule has 1 heterocycles. The quantitative estimate of drug-likeness (QED) is 0.354. The number of nitrogens with one attached hydrogen (secondary N) is 2. The Hall–Kier alpha value is -3.64. The summed E-state index contributed by atoms with van der Waals surface area (Å²) in [5.74, 6) is -2.93. The largest absolute Gasteiger partial charge is 0.481 e. The number of anilines is 2. The number of carboxylic acid groups (broad SMARTS) is 1. The average molecular weight is 526 g/mol. The van der Waals surface area contributed by atoms with Crippen LogP contribution >= 0.6 is 11.6 Å². The molecule has 1 unspecified atom stereocenters. The highest BCUT2D eigenvalue weighted by atomic mass is 35.5. The Kier molecular flexibility index (Phi) is 7.97. The van der Waals surface area contributed by atoms with Crippen LogP contribution in [0.2, 0.25) is 5.02 Å². The molecule has 0 saturated carbocycles. The fourth-order valence-electron chi connectivity index (χ4n) is 3.08. The highest BCUT2D eigenvalue weighted by Gasteiger charge is 2.23. The van der Waals surface area contributed by atoms with Crippen molar-refractivity contribution in [3.8, 4) is 11.3 Å². The molecule has 1 aromatic heterocycles. The van der Waals surface area contributed by atoms with Crippen LogP contribution in [-0.2, 0) is 19.6 Å². The number of carbonyl (C=O) groups excluding carboxylic acids is 1. The molecule has 186 valence electrons. The van der Waals surface area contributed by atoms with Crippen LogP contribution in [0.4, 0.5) is 20.6 Å². The van der Waals surface area contributed by atoms with Crippen LogP contribution in [0.25, 0.3) is 11.3 Å². The van der Waals surface area contributed by atoms with Gasteiger partial charge >= 0.3 is 12.1 Å². The first-order valence-electron chi connectivity index (χ1n) is 10.2. The van der Waals surface area contributed by atoms with Crippen molar-refractivity contribution in [2.24, 2.45) is 0 Å². The van der Waals surface area contributed by atoms with Gasteiger partial charge in [-0.2, -0.15) is 0 Å². The van der Waals surface area contributed by atoms with Gasteiger partial charge in [-0.3, -0.25) is 14.8 Å². The number of ether oxygens (including phenoxy) is 1. The van der Waals surface area contributed by atoms with Crippen LogP contribution in [-0.4, -0.2) is 36.5 Å². The van der Waals surface area contributed by atoms with E-state index in [1.165, 1.54) is 19.1 Å². The molecule has 10 nitrogen and oxygen atoms in total. The molecule has 1 atom stereocenters. The zero-order valence-corrected chi connectivity index (χ0v) is 20.1. The van der Waals surface area contributed by atoms with E-state index in [4.69, 9.17) is 26.0 Å². The second-order valence-corrected chi connectivity index (χ2v) is 9.67. The Morgan fingerprint density at radius 1 is 1.26 bits per heavy atom. The van der Waals surface area contributed by atoms with Gasteiger partial charge in [0, 0.05) is 10.6 Å². The number of rotatable bonds is 9. The molecule has 0 bridgehead atoms. The SMILES string of the molecule is Cc1noc(-c2ccc(NS(=O)(=O)CCC(=O)O)cc2F)c1NC(=O)OC(C)c1ccccc1Cl. The normalized spacial score (nSPS) is 12.1. The average Bonchev–Trinajstić information content (AvgIpc) is 3.12. The molecular formula is C22H21ClFN3O7S. The molecule has 0 spiro atoms. The van der Waals surface area contributed by atoms with Gasteiger partial charge < -0.3 is 14.4 Å². The van der Waals surface area contributed by atoms with Gasteiger partial charge in [0.1, 0.15) is 23.3 Å². The number of amides is 1. The van der Waals surface area contributed by atoms with E-state index in [9.17, 15) is 22.4 Å². The zero-order chi connectivity index (χ0) is 25.8. The summed E-state index contributed by atoms with van der Waals surface area (Å²) < 4.78 is 51.4. The van der Waals surface area contributed by atoms with Crippen LogP contribution in [0.3, 0.4) is 0 Å². The molecular weight excluding hydrogens is 505 g/mol. The number of halogens is 2. The fourth-order valence-corrected chi connectivity index (χ4v) is 4.40. The molecule has 3 N–H and O–H groups in total. The van der Waals surface area contributed by atoms with E-state index in [1.807, 2.05) is 0 Å². The second kappa shape index (κ2) is 10.7. The van der Waals surface area contributed by atoms with E-state index < -0.39 is 46.2 Å². The lowest BCUT2D eigenvalue weighted by Gasteiger charge is -2.15. The lowest BCUT2D eigenvalue weighted by Crippen LogP contribution is -2.19. The van der Waals surface area contributed by atoms with Crippen molar-refractivity contribution in [1.82, 2.24) is 5.16 Å². The molecule has 2 aromatic carbocycles. The van der Waals surface area contributed by atoms with Crippen molar-refractivity contribution in [3.63, 3.8) is 0 Å². The molecule has 0 aliphatic rings. The molecule has 1 amide bonds. The van der Waals surface area contributed by atoms with Gasteiger partial charge in [-0.05, 0) is 38.1 Å². The summed E-state index contributed by atoms with van der Waals surface area (Å²) in [5, 5.41) is 15.3. The van der Waals surface area contributed by atoms with Crippen LogP contribution in [0, 0.1) is 12.7 Å². The van der Waals surface area contributed by atoms with Crippen molar-refractivity contribution < 1.29 is 36.8 Å². The van der Waals surface area contributed by atoms with Crippen LogP contribution in [0.15, 0.2) is 47.0 Å². The van der Waals surface area contributed by atoms with Gasteiger partial charge in [0.2, 0.25) is 10.0 Å². The summed E-state index contributed by atoms with van der Waals surface area (Å²) in [6, 6.07) is 10.3. The number of carboxylic acids is 1. The van der Waals surface area contributed by atoms with Gasteiger partial charge in [-0.25, -0.2) is 17.6 Å². The van der Waals surface area contributed by atoms with E-state index >= 15 is 0 Å². The van der Waals surface area contributed by atoms with E-state index in [2.05, 4.69) is 15.2 Å². The Labute approximate surface area is 205 Å². The summed E-state index contributed by atoms with van der Waals surface area (Å²) in [6.45, 7) is 3.17. The lowest BCUT2D eigenvalue weighted by molar-refractivity contribution is -0.136. The monoisotopic (exact) mass is 525 g/mol. The minimum Gasteiger partial charge on any atom is -0.481 e. The smallest absolute Gasteiger partial charge is 0.412 e. The van der Waals surface area contributed by atoms with Crippen molar-refractivity contribution >= 4 is 45.1 Å². The Morgan fingerprint density at radius 2 is 1.97 bits per heavy atom. The van der Waals surface area contributed by atoms with Gasteiger partial charge in [0.25, 0.3) is 0 Å². The summed E-state index contributed by atoms with van der Waals surface area (Å²) in [6.07, 6.45) is -2.14. The first kappa shape index (κ1) is 26.0. The first-order valence-corrected chi connectivity index (χ1v) is 12.2. The zero-order valence-electron chi connectivity index (χ0n) is 18.5. The van der Waals surface area contributed by atoms with Crippen molar-refractivity contribution in [3.05, 3.63) is 64.6 Å². The second-order valence-electron chi connectivity index (χ2n) is 7.43. The number of aliphatic carboxylic acids is 1. The number of aromatic nitrogens is 1. The molecule has 0 saturated heterocycles. The number of hydrogen-bond donors (Lipinski definition) is 3. The summed E-state index contributed by atoms with van der Waals surface area (Å²) in [7, 11) is -4.00. The first-order chi connectivity index (χ1) is 16.5. The van der Waals surface area contributed by atoms with Gasteiger partial charge in [-0.15, -0.1) is 0 Å². The van der Waals surface area contributed by atoms with Crippen LogP contribution in [0.5, 0.6) is 0 Å². The summed E-state index contributed by atoms with van der Waals surface area (Å²) in [4.78, 5) is 23.1. The highest BCUT2D eigenvalue weighted by Crippen LogP contribution is 2.34. The van der Waals surface area contributed by atoms with E-state index in [0.29, 0.717) is 10.6 Å². The number of sulfonamides is 1. The third-order valence-corrected chi connectivity index (χ3v) is 6.42. The Balaban J connectivity index is 1.77. The molecule has 13 heteroatoms. The van der Waals surface area contributed by atoms with Crippen LogP contribution < -0.4 is 10.0 Å². The molecule has 0 aliphatic carbocycles. The molecule has 0 fully saturated rings. The van der Waals surface area contributed by atoms with E-state index in [-0.39, 0.29) is 28.4 Å². The van der Waals surface area contributed by atoms with E-state index in [1.54, 1.807) is 31.2 Å². The van der Waals surface area contributed by atoms with Gasteiger partial charge in [0.05, 0.1) is 23.4 Å². The minimum absolute atomic E-state index is 0.0649. The molecule has 3 aromatic rings. The standard InChI is InChI=1S/C22H21ClFN3O7S/c1-12-20(25-22(30)33-13(2)15-5-3-4-6-17(15)23)21(34-26-12)16-8-7-14(11-18(16)24)27-35(31,32)10-9-19(28)29/h3-8,11,13,27H,9-10H2,1-2H3,(H,25,30)(H,28,29). The molecule has 0 aliphatic heterocycles. The van der Waals surface area contributed by atoms with Crippen molar-refractivity contribution in [2.45, 2.75) is 26.4 Å². The third-order valence-electron chi connectivity index (χ3n) is 4.79. The highest BCUT2D eigenvalue weighted by molar-refractivity contribution is 7.92. The fraction of sp³-hybridized carbons (Fsp3) is 0.227. The van der Waals surface area contributed by atoms with Crippen molar-refractivity contribution in [1.29, 1.82) is 0 Å². The molecule has 35 heavy (non-hydrogen) atoms. The Morgan fingerprint density at radius 3 is 2.63 bits per heavy atom. The minimum atomic E-state index is -4.00. The van der Waals surface area contributed by atoms with Gasteiger partial charge in [-0.1, -0.05) is 35.0 Å². The predicted molar refractivity (Wildman–Crippen MR) is 126 cm³/mol. The van der Waals surface area contributed by atoms with Gasteiger partial charge in [0.15, 0.2) is 5.76 Å².